The van der Waals surface area contributed by atoms with Gasteiger partial charge in [0.15, 0.2) is 0 Å². The van der Waals surface area contributed by atoms with Crippen molar-refractivity contribution in [1.29, 1.82) is 0 Å². The van der Waals surface area contributed by atoms with Gasteiger partial charge in [-0.3, -0.25) is 0 Å². The third-order valence-electron chi connectivity index (χ3n) is 3.98. The number of rotatable bonds is 4. The number of aliphatic hydroxyl groups is 1. The van der Waals surface area contributed by atoms with Crippen LogP contribution in [-0.2, 0) is 9.53 Å². The number of hydrogen-bond donors (Lipinski definition) is 2. The summed E-state index contributed by atoms with van der Waals surface area (Å²) in [6, 6.07) is 0. The fraction of sp³-hybridized carbons (Fsp3) is 0.917. The molecule has 2 N–H and O–H groups in total. The van der Waals surface area contributed by atoms with Gasteiger partial charge in [-0.15, -0.1) is 0 Å². The first kappa shape index (κ1) is 18.0. The zero-order valence-electron chi connectivity index (χ0n) is 11.3. The van der Waals surface area contributed by atoms with Crippen molar-refractivity contribution < 1.29 is 49.3 Å². The maximum absolute atomic E-state index is 13.0. The first-order valence-electron chi connectivity index (χ1n) is 6.66. The van der Waals surface area contributed by atoms with Gasteiger partial charge in [0, 0.05) is 0 Å². The van der Waals surface area contributed by atoms with Crippen molar-refractivity contribution >= 4 is 28.6 Å². The van der Waals surface area contributed by atoms with Crippen LogP contribution in [0.2, 0.25) is 0 Å². The molecule has 0 bridgehead atoms. The second-order valence-electron chi connectivity index (χ2n) is 5.53. The predicted octanol–water partition coefficient (Wildman–Crippen LogP) is -0.861. The number of carbonyl (C=O) groups excluding carboxylic acids is 1. The number of esters is 1. The first-order chi connectivity index (χ1) is 9.64. The van der Waals surface area contributed by atoms with Crippen molar-refractivity contribution in [1.82, 2.24) is 3.53 Å². The van der Waals surface area contributed by atoms with Gasteiger partial charge < -0.3 is 0 Å². The van der Waals surface area contributed by atoms with Gasteiger partial charge in [0.05, 0.1) is 0 Å². The van der Waals surface area contributed by atoms with Crippen molar-refractivity contribution in [3.05, 3.63) is 0 Å². The quantitative estimate of drug-likeness (QED) is 0.123. The van der Waals surface area contributed by atoms with E-state index in [0.29, 0.717) is 19.3 Å². The van der Waals surface area contributed by atoms with E-state index < -0.39 is 29.8 Å². The number of carbonyl (C=O) groups is 1. The van der Waals surface area contributed by atoms with Crippen LogP contribution in [-0.4, -0.2) is 36.9 Å². The van der Waals surface area contributed by atoms with Crippen LogP contribution in [0.3, 0.4) is 0 Å². The summed E-state index contributed by atoms with van der Waals surface area (Å²) >= 11 is 1.80. The molecule has 5 atom stereocenters. The monoisotopic (exact) mass is 534 g/mol. The number of ether oxygens (including phenoxy) is 1. The Balaban J connectivity index is 2.06. The normalized spacial score (nSPS) is 34.3. The molecule has 5 unspecified atom stereocenters. The summed E-state index contributed by atoms with van der Waals surface area (Å²) in [4.78, 5) is 12.0. The van der Waals surface area contributed by atoms with Gasteiger partial charge in [0.2, 0.25) is 0 Å². The number of hydrogen-bond acceptors (Lipinski definition) is 4. The van der Waals surface area contributed by atoms with E-state index in [4.69, 9.17) is 4.74 Å². The van der Waals surface area contributed by atoms with Crippen LogP contribution >= 0.6 is 22.6 Å². The SMILES string of the molecule is CC(O)(C1CCCCC1OC(=O)C(I)C1N[I-]1)C(F)(F)F. The summed E-state index contributed by atoms with van der Waals surface area (Å²) < 4.78 is 47.3. The Labute approximate surface area is 145 Å². The number of alkyl halides is 5. The summed E-state index contributed by atoms with van der Waals surface area (Å²) in [6.45, 7) is 0.777. The first-order valence-corrected chi connectivity index (χ1v) is 10.2. The summed E-state index contributed by atoms with van der Waals surface area (Å²) in [6.07, 6.45) is -3.69. The fourth-order valence-electron chi connectivity index (χ4n) is 2.57. The minimum atomic E-state index is -4.73. The molecule has 1 heterocycles. The van der Waals surface area contributed by atoms with Crippen LogP contribution in [0, 0.1) is 5.92 Å². The van der Waals surface area contributed by atoms with E-state index in [9.17, 15) is 23.1 Å². The van der Waals surface area contributed by atoms with E-state index in [-0.39, 0.29) is 35.9 Å². The molecule has 2 fully saturated rings. The maximum atomic E-state index is 13.0. The van der Waals surface area contributed by atoms with Gasteiger partial charge in [0.25, 0.3) is 0 Å². The molecule has 2 rings (SSSR count). The van der Waals surface area contributed by atoms with E-state index in [2.05, 4.69) is 3.53 Å². The molecule has 0 spiro atoms. The molecule has 1 aliphatic heterocycles. The molecule has 21 heavy (non-hydrogen) atoms. The minimum absolute atomic E-state index is 0.155. The van der Waals surface area contributed by atoms with Crippen LogP contribution in [0.1, 0.15) is 32.6 Å². The fourth-order valence-corrected chi connectivity index (χ4v) is 5.67. The second-order valence-corrected chi connectivity index (χ2v) is 9.46. The summed E-state index contributed by atoms with van der Waals surface area (Å²) in [5.74, 6) is -1.57. The van der Waals surface area contributed by atoms with Crippen molar-refractivity contribution in [2.24, 2.45) is 5.92 Å². The number of nitrogens with one attached hydrogen (secondary N) is 1. The van der Waals surface area contributed by atoms with Crippen LogP contribution in [0.15, 0.2) is 0 Å². The Morgan fingerprint density at radius 2 is 2.00 bits per heavy atom. The Kier molecular flexibility index (Phi) is 5.68. The van der Waals surface area contributed by atoms with Gasteiger partial charge in [-0.1, -0.05) is 0 Å². The second kappa shape index (κ2) is 6.63. The van der Waals surface area contributed by atoms with Crippen molar-refractivity contribution in [3.8, 4) is 0 Å². The molecule has 0 amide bonds. The zero-order chi connectivity index (χ0) is 15.8. The molecule has 4 nitrogen and oxygen atoms in total. The Morgan fingerprint density at radius 1 is 1.43 bits per heavy atom. The van der Waals surface area contributed by atoms with Gasteiger partial charge >= 0.3 is 146 Å². The molecule has 0 aromatic carbocycles. The van der Waals surface area contributed by atoms with Crippen molar-refractivity contribution in [2.45, 2.75) is 58.5 Å². The zero-order valence-corrected chi connectivity index (χ0v) is 15.6. The molecule has 0 aromatic heterocycles. The van der Waals surface area contributed by atoms with Crippen LogP contribution in [0.25, 0.3) is 0 Å². The molecule has 0 radical (unpaired) electrons. The molecule has 0 aromatic rings. The van der Waals surface area contributed by atoms with Crippen molar-refractivity contribution in [2.75, 3.05) is 0 Å². The molecule has 1 aliphatic carbocycles. The molecule has 124 valence electrons. The Morgan fingerprint density at radius 3 is 2.52 bits per heavy atom. The summed E-state index contributed by atoms with van der Waals surface area (Å²) in [5.41, 5.74) is -2.83. The van der Waals surface area contributed by atoms with Gasteiger partial charge in [-0.2, -0.15) is 0 Å². The van der Waals surface area contributed by atoms with Gasteiger partial charge in [-0.05, 0) is 0 Å². The predicted molar refractivity (Wildman–Crippen MR) is 73.2 cm³/mol. The third-order valence-corrected chi connectivity index (χ3v) is 8.65. The van der Waals surface area contributed by atoms with Crippen LogP contribution < -0.4 is 25.0 Å². The van der Waals surface area contributed by atoms with E-state index in [1.807, 2.05) is 22.6 Å². The molecule has 1 saturated carbocycles. The van der Waals surface area contributed by atoms with E-state index in [1.165, 1.54) is 0 Å². The molecule has 2 aliphatic rings. The van der Waals surface area contributed by atoms with E-state index >= 15 is 0 Å². The van der Waals surface area contributed by atoms with Gasteiger partial charge in [0.1, 0.15) is 0 Å². The average Bonchev–Trinajstić information content (AvgIpc) is 3.21. The standard InChI is InChI=1S/C12H17F3I2NO3/c1-11(20,12(13,14)15)6-4-2-3-5-7(6)21-10(19)8(16)9-17-18-9/h6-9,18,20H,2-5H2,1H3/q-1. The van der Waals surface area contributed by atoms with Gasteiger partial charge in [-0.25, -0.2) is 0 Å². The summed E-state index contributed by atoms with van der Waals surface area (Å²) in [5, 5.41) is 9.89. The van der Waals surface area contributed by atoms with E-state index in [1.54, 1.807) is 0 Å². The number of halogens is 5. The third kappa shape index (κ3) is 4.14. The molecular weight excluding hydrogens is 517 g/mol. The van der Waals surface area contributed by atoms with E-state index in [0.717, 1.165) is 6.92 Å². The van der Waals surface area contributed by atoms with Crippen molar-refractivity contribution in [3.63, 3.8) is 0 Å². The Bertz CT molecular complexity index is 402. The van der Waals surface area contributed by atoms with Crippen LogP contribution in [0.4, 0.5) is 13.2 Å². The topological polar surface area (TPSA) is 68.5 Å². The Hall–Kier alpha value is 0.640. The molecular formula is C12H17F3I2NO3-. The molecule has 1 saturated heterocycles. The van der Waals surface area contributed by atoms with Crippen LogP contribution in [0.5, 0.6) is 0 Å². The molecule has 9 heteroatoms. The average molecular weight is 534 g/mol. The summed E-state index contributed by atoms with van der Waals surface area (Å²) in [7, 11) is 0.